The van der Waals surface area contributed by atoms with Crippen LogP contribution < -0.4 is 0 Å². The predicted molar refractivity (Wildman–Crippen MR) is 62.4 cm³/mol. The fourth-order valence-corrected chi connectivity index (χ4v) is 1.71. The molecule has 1 aromatic heterocycles. The number of benzene rings is 1. The van der Waals surface area contributed by atoms with Gasteiger partial charge in [0.1, 0.15) is 11.6 Å². The fraction of sp³-hybridized carbons (Fsp3) is 0.308. The Bertz CT molecular complexity index is 546. The molecule has 0 atom stereocenters. The molecule has 2 rings (SSSR count). The lowest BCUT2D eigenvalue weighted by atomic mass is 9.99. The van der Waals surface area contributed by atoms with Crippen LogP contribution in [0.5, 0.6) is 5.75 Å². The van der Waals surface area contributed by atoms with E-state index in [0.717, 1.165) is 0 Å². The minimum atomic E-state index is -0.414. The first-order chi connectivity index (χ1) is 7.99. The number of aromatic nitrogens is 1. The minimum Gasteiger partial charge on any atom is -0.508 e. The summed E-state index contributed by atoms with van der Waals surface area (Å²) < 4.78 is 19.1. The maximum atomic E-state index is 13.9. The van der Waals surface area contributed by atoms with Crippen LogP contribution in [-0.4, -0.2) is 10.1 Å². The van der Waals surface area contributed by atoms with Crippen LogP contribution in [0, 0.1) is 12.7 Å². The number of oxazole rings is 1. The summed E-state index contributed by atoms with van der Waals surface area (Å²) in [7, 11) is 0. The molecule has 3 nitrogen and oxygen atoms in total. The standard InChI is InChI=1S/C13H14FNO2/c1-7(2)9-4-11(14)10(5-12(9)16)13-6-15-8(3)17-13/h4-7,16H,1-3H3. The lowest BCUT2D eigenvalue weighted by Gasteiger charge is -2.10. The fourth-order valence-electron chi connectivity index (χ4n) is 1.71. The van der Waals surface area contributed by atoms with Crippen molar-refractivity contribution in [1.82, 2.24) is 4.98 Å². The van der Waals surface area contributed by atoms with Gasteiger partial charge in [-0.3, -0.25) is 0 Å². The van der Waals surface area contributed by atoms with Crippen molar-refractivity contribution in [2.45, 2.75) is 26.7 Å². The molecule has 0 unspecified atom stereocenters. The molecule has 0 amide bonds. The van der Waals surface area contributed by atoms with Crippen molar-refractivity contribution in [2.24, 2.45) is 0 Å². The van der Waals surface area contributed by atoms with Gasteiger partial charge in [-0.05, 0) is 23.6 Å². The highest BCUT2D eigenvalue weighted by Crippen LogP contribution is 2.33. The van der Waals surface area contributed by atoms with Gasteiger partial charge in [-0.25, -0.2) is 9.37 Å². The van der Waals surface area contributed by atoms with Crippen molar-refractivity contribution in [2.75, 3.05) is 0 Å². The third kappa shape index (κ3) is 2.16. The predicted octanol–water partition coefficient (Wildman–Crippen LogP) is 3.62. The molecular weight excluding hydrogens is 221 g/mol. The number of hydrogen-bond donors (Lipinski definition) is 1. The maximum Gasteiger partial charge on any atom is 0.191 e. The molecule has 0 radical (unpaired) electrons. The first-order valence-electron chi connectivity index (χ1n) is 5.44. The highest BCUT2D eigenvalue weighted by atomic mass is 19.1. The summed E-state index contributed by atoms with van der Waals surface area (Å²) >= 11 is 0. The van der Waals surface area contributed by atoms with Gasteiger partial charge in [0.05, 0.1) is 11.8 Å². The Morgan fingerprint density at radius 2 is 2.06 bits per heavy atom. The van der Waals surface area contributed by atoms with E-state index in [2.05, 4.69) is 4.98 Å². The van der Waals surface area contributed by atoms with E-state index in [1.807, 2.05) is 13.8 Å². The second-order valence-corrected chi connectivity index (χ2v) is 4.29. The smallest absolute Gasteiger partial charge is 0.191 e. The molecular formula is C13H14FNO2. The van der Waals surface area contributed by atoms with Crippen LogP contribution in [0.2, 0.25) is 0 Å². The first-order valence-corrected chi connectivity index (χ1v) is 5.44. The number of phenols is 1. The third-order valence-corrected chi connectivity index (χ3v) is 2.63. The molecule has 1 N–H and O–H groups in total. The van der Waals surface area contributed by atoms with Gasteiger partial charge in [0.15, 0.2) is 11.7 Å². The second kappa shape index (κ2) is 4.20. The zero-order chi connectivity index (χ0) is 12.6. The average Bonchev–Trinajstić information content (AvgIpc) is 2.67. The Morgan fingerprint density at radius 1 is 1.35 bits per heavy atom. The summed E-state index contributed by atoms with van der Waals surface area (Å²) in [5.41, 5.74) is 0.815. The number of nitrogens with zero attached hydrogens (tertiary/aromatic N) is 1. The molecule has 1 heterocycles. The molecule has 1 aromatic carbocycles. The molecule has 0 bridgehead atoms. The topological polar surface area (TPSA) is 46.3 Å². The highest BCUT2D eigenvalue weighted by molar-refractivity contribution is 5.61. The largest absolute Gasteiger partial charge is 0.508 e. The molecule has 0 aliphatic rings. The van der Waals surface area contributed by atoms with Gasteiger partial charge in [0, 0.05) is 6.92 Å². The normalized spacial score (nSPS) is 11.1. The lowest BCUT2D eigenvalue weighted by Crippen LogP contribution is -1.92. The van der Waals surface area contributed by atoms with Crippen LogP contribution >= 0.6 is 0 Å². The maximum absolute atomic E-state index is 13.9. The van der Waals surface area contributed by atoms with Gasteiger partial charge in [-0.1, -0.05) is 13.8 Å². The monoisotopic (exact) mass is 235 g/mol. The Balaban J connectivity index is 2.54. The van der Waals surface area contributed by atoms with Crippen LogP contribution in [0.25, 0.3) is 11.3 Å². The summed E-state index contributed by atoms with van der Waals surface area (Å²) in [6, 6.07) is 2.72. The molecule has 0 aliphatic carbocycles. The molecule has 0 saturated carbocycles. The molecule has 0 spiro atoms. The quantitative estimate of drug-likeness (QED) is 0.864. The van der Waals surface area contributed by atoms with Crippen molar-refractivity contribution < 1.29 is 13.9 Å². The zero-order valence-electron chi connectivity index (χ0n) is 9.99. The Hall–Kier alpha value is -1.84. The van der Waals surface area contributed by atoms with Crippen molar-refractivity contribution in [3.63, 3.8) is 0 Å². The SMILES string of the molecule is Cc1ncc(-c2cc(O)c(C(C)C)cc2F)o1. The molecule has 2 aromatic rings. The summed E-state index contributed by atoms with van der Waals surface area (Å²) in [6.45, 7) is 5.48. The van der Waals surface area contributed by atoms with Gasteiger partial charge >= 0.3 is 0 Å². The van der Waals surface area contributed by atoms with Crippen LogP contribution in [0.15, 0.2) is 22.7 Å². The summed E-state index contributed by atoms with van der Waals surface area (Å²) in [5.74, 6) is 0.514. The van der Waals surface area contributed by atoms with Gasteiger partial charge in [0.25, 0.3) is 0 Å². The van der Waals surface area contributed by atoms with E-state index in [9.17, 15) is 9.50 Å². The number of rotatable bonds is 2. The Morgan fingerprint density at radius 3 is 2.59 bits per heavy atom. The van der Waals surface area contributed by atoms with E-state index in [1.165, 1.54) is 18.3 Å². The third-order valence-electron chi connectivity index (χ3n) is 2.63. The van der Waals surface area contributed by atoms with Crippen molar-refractivity contribution in [3.8, 4) is 17.1 Å². The van der Waals surface area contributed by atoms with Crippen LogP contribution in [0.3, 0.4) is 0 Å². The zero-order valence-corrected chi connectivity index (χ0v) is 9.99. The molecule has 0 saturated heterocycles. The van der Waals surface area contributed by atoms with Crippen LogP contribution in [-0.2, 0) is 0 Å². The Labute approximate surface area is 98.9 Å². The van der Waals surface area contributed by atoms with E-state index in [0.29, 0.717) is 17.2 Å². The minimum absolute atomic E-state index is 0.0648. The van der Waals surface area contributed by atoms with E-state index >= 15 is 0 Å². The van der Waals surface area contributed by atoms with Gasteiger partial charge < -0.3 is 9.52 Å². The van der Waals surface area contributed by atoms with Gasteiger partial charge in [-0.15, -0.1) is 0 Å². The van der Waals surface area contributed by atoms with E-state index in [1.54, 1.807) is 6.92 Å². The number of aromatic hydroxyl groups is 1. The molecule has 90 valence electrons. The summed E-state index contributed by atoms with van der Waals surface area (Å²) in [6.07, 6.45) is 1.45. The average molecular weight is 235 g/mol. The van der Waals surface area contributed by atoms with Gasteiger partial charge in [0.2, 0.25) is 0 Å². The van der Waals surface area contributed by atoms with Gasteiger partial charge in [-0.2, -0.15) is 0 Å². The van der Waals surface area contributed by atoms with E-state index in [-0.39, 0.29) is 17.2 Å². The van der Waals surface area contributed by atoms with Crippen molar-refractivity contribution in [3.05, 3.63) is 35.6 Å². The van der Waals surface area contributed by atoms with Crippen LogP contribution in [0.1, 0.15) is 31.2 Å². The summed E-state index contributed by atoms with van der Waals surface area (Å²) in [4.78, 5) is 3.91. The number of phenolic OH excluding ortho intramolecular Hbond substituents is 1. The van der Waals surface area contributed by atoms with Crippen molar-refractivity contribution >= 4 is 0 Å². The van der Waals surface area contributed by atoms with E-state index < -0.39 is 5.82 Å². The lowest BCUT2D eigenvalue weighted by molar-refractivity contribution is 0.461. The summed E-state index contributed by atoms with van der Waals surface area (Å²) in [5, 5.41) is 9.83. The molecule has 4 heteroatoms. The van der Waals surface area contributed by atoms with Crippen LogP contribution in [0.4, 0.5) is 4.39 Å². The Kier molecular flexibility index (Phi) is 2.88. The number of hydrogen-bond acceptors (Lipinski definition) is 3. The molecule has 17 heavy (non-hydrogen) atoms. The first kappa shape index (κ1) is 11.6. The highest BCUT2D eigenvalue weighted by Gasteiger charge is 2.15. The number of aryl methyl sites for hydroxylation is 1. The van der Waals surface area contributed by atoms with E-state index in [4.69, 9.17) is 4.42 Å². The number of halogens is 1. The molecule has 0 fully saturated rings. The molecule has 0 aliphatic heterocycles. The second-order valence-electron chi connectivity index (χ2n) is 4.29. The van der Waals surface area contributed by atoms with Crippen molar-refractivity contribution in [1.29, 1.82) is 0 Å².